The van der Waals surface area contributed by atoms with Crippen LogP contribution in [0.2, 0.25) is 0 Å². The molecule has 2 aromatic carbocycles. The fourth-order valence-electron chi connectivity index (χ4n) is 2.22. The molecule has 1 heterocycles. The molecule has 120 valence electrons. The zero-order valence-electron chi connectivity index (χ0n) is 12.5. The second-order valence-corrected chi connectivity index (χ2v) is 5.95. The minimum absolute atomic E-state index is 0.146. The van der Waals surface area contributed by atoms with E-state index >= 15 is 0 Å². The van der Waals surface area contributed by atoms with Crippen molar-refractivity contribution in [3.63, 3.8) is 0 Å². The Hall–Kier alpha value is -2.86. The molecule has 0 atom stereocenters. The number of carbonyl (C=O) groups is 2. The molecule has 3 N–H and O–H groups in total. The number of furan rings is 1. The first-order chi connectivity index (χ1) is 11.5. The number of para-hydroxylation sites is 1. The molecule has 5 nitrogen and oxygen atoms in total. The number of halogens is 1. The van der Waals surface area contributed by atoms with E-state index in [1.165, 1.54) is 0 Å². The standard InChI is InChI=1S/C18H13BrN2O3/c19-12-7-5-11(6-8-12)15-9-10-16(24-15)18(23)21-14-4-2-1-3-13(14)17(20)22/h1-10H,(H2,20,22)(H,21,23). The van der Waals surface area contributed by atoms with Gasteiger partial charge in [-0.05, 0) is 36.4 Å². The van der Waals surface area contributed by atoms with E-state index in [2.05, 4.69) is 21.2 Å². The second-order valence-electron chi connectivity index (χ2n) is 5.03. The smallest absolute Gasteiger partial charge is 0.291 e. The lowest BCUT2D eigenvalue weighted by Crippen LogP contribution is -2.17. The van der Waals surface area contributed by atoms with Gasteiger partial charge in [0, 0.05) is 10.0 Å². The van der Waals surface area contributed by atoms with Crippen molar-refractivity contribution in [1.29, 1.82) is 0 Å². The van der Waals surface area contributed by atoms with Crippen LogP contribution in [0.1, 0.15) is 20.9 Å². The minimum atomic E-state index is -0.610. The van der Waals surface area contributed by atoms with Gasteiger partial charge >= 0.3 is 0 Å². The van der Waals surface area contributed by atoms with Gasteiger partial charge in [-0.3, -0.25) is 9.59 Å². The SMILES string of the molecule is NC(=O)c1ccccc1NC(=O)c1ccc(-c2ccc(Br)cc2)o1. The van der Waals surface area contributed by atoms with Gasteiger partial charge < -0.3 is 15.5 Å². The fourth-order valence-corrected chi connectivity index (χ4v) is 2.48. The van der Waals surface area contributed by atoms with E-state index in [0.717, 1.165) is 10.0 Å². The number of nitrogens with two attached hydrogens (primary N) is 1. The molecule has 3 rings (SSSR count). The Morgan fingerprint density at radius 3 is 2.38 bits per heavy atom. The van der Waals surface area contributed by atoms with Crippen molar-refractivity contribution in [1.82, 2.24) is 0 Å². The maximum absolute atomic E-state index is 12.3. The zero-order valence-corrected chi connectivity index (χ0v) is 14.0. The van der Waals surface area contributed by atoms with Gasteiger partial charge in [-0.25, -0.2) is 0 Å². The summed E-state index contributed by atoms with van der Waals surface area (Å²) in [6.07, 6.45) is 0. The van der Waals surface area contributed by atoms with E-state index in [9.17, 15) is 9.59 Å². The summed E-state index contributed by atoms with van der Waals surface area (Å²) < 4.78 is 6.56. The lowest BCUT2D eigenvalue weighted by Gasteiger charge is -2.07. The quantitative estimate of drug-likeness (QED) is 0.710. The van der Waals surface area contributed by atoms with Crippen molar-refractivity contribution in [2.45, 2.75) is 0 Å². The van der Waals surface area contributed by atoms with E-state index in [-0.39, 0.29) is 11.3 Å². The number of carbonyl (C=O) groups excluding carboxylic acids is 2. The number of hydrogen-bond acceptors (Lipinski definition) is 3. The van der Waals surface area contributed by atoms with Gasteiger partial charge in [0.25, 0.3) is 11.8 Å². The maximum Gasteiger partial charge on any atom is 0.291 e. The van der Waals surface area contributed by atoms with Crippen molar-refractivity contribution in [2.75, 3.05) is 5.32 Å². The predicted molar refractivity (Wildman–Crippen MR) is 94.8 cm³/mol. The van der Waals surface area contributed by atoms with Crippen LogP contribution >= 0.6 is 15.9 Å². The molecule has 0 fully saturated rings. The highest BCUT2D eigenvalue weighted by molar-refractivity contribution is 9.10. The van der Waals surface area contributed by atoms with Crippen LogP contribution < -0.4 is 11.1 Å². The van der Waals surface area contributed by atoms with Crippen LogP contribution in [0, 0.1) is 0 Å². The zero-order chi connectivity index (χ0) is 17.1. The molecule has 3 aromatic rings. The van der Waals surface area contributed by atoms with E-state index in [4.69, 9.17) is 10.2 Å². The third kappa shape index (κ3) is 3.38. The topological polar surface area (TPSA) is 85.3 Å². The molecule has 2 amide bonds. The van der Waals surface area contributed by atoms with E-state index in [1.54, 1.807) is 36.4 Å². The molecule has 1 aromatic heterocycles. The monoisotopic (exact) mass is 384 g/mol. The summed E-state index contributed by atoms with van der Waals surface area (Å²) in [7, 11) is 0. The average Bonchev–Trinajstić information content (AvgIpc) is 3.06. The first kappa shape index (κ1) is 16.0. The lowest BCUT2D eigenvalue weighted by atomic mass is 10.1. The van der Waals surface area contributed by atoms with Crippen molar-refractivity contribution < 1.29 is 14.0 Å². The van der Waals surface area contributed by atoms with Crippen LogP contribution in [0.3, 0.4) is 0 Å². The van der Waals surface area contributed by atoms with Gasteiger partial charge in [-0.2, -0.15) is 0 Å². The summed E-state index contributed by atoms with van der Waals surface area (Å²) in [6.45, 7) is 0. The second kappa shape index (κ2) is 6.72. The molecule has 0 saturated heterocycles. The summed E-state index contributed by atoms with van der Waals surface area (Å²) >= 11 is 3.37. The van der Waals surface area contributed by atoms with Gasteiger partial charge in [0.1, 0.15) is 5.76 Å². The number of anilines is 1. The van der Waals surface area contributed by atoms with Crippen LogP contribution in [-0.4, -0.2) is 11.8 Å². The summed E-state index contributed by atoms with van der Waals surface area (Å²) in [5.74, 6) is -0.337. The highest BCUT2D eigenvalue weighted by Gasteiger charge is 2.15. The van der Waals surface area contributed by atoms with Gasteiger partial charge in [-0.1, -0.05) is 40.2 Å². The summed E-state index contributed by atoms with van der Waals surface area (Å²) in [6, 6.07) is 17.4. The minimum Gasteiger partial charge on any atom is -0.451 e. The Bertz CT molecular complexity index is 901. The van der Waals surface area contributed by atoms with Crippen LogP contribution in [0.4, 0.5) is 5.69 Å². The third-order valence-corrected chi connectivity index (χ3v) is 3.93. The Labute approximate surface area is 146 Å². The van der Waals surface area contributed by atoms with E-state index < -0.39 is 11.8 Å². The van der Waals surface area contributed by atoms with Gasteiger partial charge in [0.2, 0.25) is 0 Å². The number of rotatable bonds is 4. The molecule has 0 bridgehead atoms. The molecular formula is C18H13BrN2O3. The third-order valence-electron chi connectivity index (χ3n) is 3.40. The average molecular weight is 385 g/mol. The van der Waals surface area contributed by atoms with Crippen LogP contribution in [0.15, 0.2) is 69.6 Å². The maximum atomic E-state index is 12.3. The molecule has 0 aliphatic carbocycles. The van der Waals surface area contributed by atoms with Crippen LogP contribution in [0.25, 0.3) is 11.3 Å². The number of amides is 2. The Balaban J connectivity index is 1.82. The van der Waals surface area contributed by atoms with Gasteiger partial charge in [-0.15, -0.1) is 0 Å². The van der Waals surface area contributed by atoms with Crippen molar-refractivity contribution in [3.05, 3.63) is 76.5 Å². The first-order valence-electron chi connectivity index (χ1n) is 7.10. The van der Waals surface area contributed by atoms with E-state index in [1.807, 2.05) is 24.3 Å². The molecule has 0 aliphatic rings. The van der Waals surface area contributed by atoms with Crippen LogP contribution in [-0.2, 0) is 0 Å². The molecular weight excluding hydrogens is 372 g/mol. The first-order valence-corrected chi connectivity index (χ1v) is 7.90. The molecule has 6 heteroatoms. The van der Waals surface area contributed by atoms with Crippen molar-refractivity contribution in [2.24, 2.45) is 5.73 Å². The molecule has 0 aliphatic heterocycles. The highest BCUT2D eigenvalue weighted by atomic mass is 79.9. The molecule has 0 unspecified atom stereocenters. The van der Waals surface area contributed by atoms with Crippen molar-refractivity contribution >= 4 is 33.4 Å². The predicted octanol–water partition coefficient (Wildman–Crippen LogP) is 4.06. The number of nitrogens with one attached hydrogen (secondary N) is 1. The highest BCUT2D eigenvalue weighted by Crippen LogP contribution is 2.24. The normalized spacial score (nSPS) is 10.4. The Morgan fingerprint density at radius 1 is 0.958 bits per heavy atom. The largest absolute Gasteiger partial charge is 0.451 e. The Morgan fingerprint density at radius 2 is 1.67 bits per heavy atom. The summed E-state index contributed by atoms with van der Waals surface area (Å²) in [5.41, 5.74) is 6.75. The van der Waals surface area contributed by atoms with E-state index in [0.29, 0.717) is 11.4 Å². The number of primary amides is 1. The molecule has 24 heavy (non-hydrogen) atoms. The van der Waals surface area contributed by atoms with Gasteiger partial charge in [0.15, 0.2) is 5.76 Å². The molecule has 0 spiro atoms. The summed E-state index contributed by atoms with van der Waals surface area (Å²) in [5, 5.41) is 2.64. The number of hydrogen-bond donors (Lipinski definition) is 2. The Kier molecular flexibility index (Phi) is 4.48. The fraction of sp³-hybridized carbons (Fsp3) is 0. The van der Waals surface area contributed by atoms with Gasteiger partial charge in [0.05, 0.1) is 11.3 Å². The summed E-state index contributed by atoms with van der Waals surface area (Å²) in [4.78, 5) is 23.7. The number of benzene rings is 2. The lowest BCUT2D eigenvalue weighted by molar-refractivity contribution is 0.0997. The molecule has 0 radical (unpaired) electrons. The molecule has 0 saturated carbocycles. The van der Waals surface area contributed by atoms with Crippen LogP contribution in [0.5, 0.6) is 0 Å². The van der Waals surface area contributed by atoms with Crippen molar-refractivity contribution in [3.8, 4) is 11.3 Å².